The van der Waals surface area contributed by atoms with Crippen molar-refractivity contribution in [2.45, 2.75) is 39.2 Å². The maximum absolute atomic E-state index is 12.4. The lowest BCUT2D eigenvalue weighted by atomic mass is 9.94. The van der Waals surface area contributed by atoms with E-state index in [1.807, 2.05) is 6.92 Å². The zero-order valence-electron chi connectivity index (χ0n) is 11.6. The van der Waals surface area contributed by atoms with Crippen LogP contribution in [-0.4, -0.2) is 44.4 Å². The van der Waals surface area contributed by atoms with Crippen molar-refractivity contribution in [1.29, 1.82) is 0 Å². The first-order valence-corrected chi connectivity index (χ1v) is 8.24. The molecule has 0 aliphatic carbocycles. The lowest BCUT2D eigenvalue weighted by molar-refractivity contribution is 0.217. The molecule has 0 spiro atoms. The first-order valence-electron chi connectivity index (χ1n) is 6.80. The molecule has 2 aliphatic rings. The van der Waals surface area contributed by atoms with Gasteiger partial charge in [0.15, 0.2) is 0 Å². The average molecular weight is 275 g/mol. The van der Waals surface area contributed by atoms with Gasteiger partial charge in [0.1, 0.15) is 0 Å². The van der Waals surface area contributed by atoms with Crippen molar-refractivity contribution in [3.63, 3.8) is 0 Å². The summed E-state index contributed by atoms with van der Waals surface area (Å²) in [6, 6.07) is 0. The molecule has 6 heteroatoms. The van der Waals surface area contributed by atoms with Crippen molar-refractivity contribution < 1.29 is 8.42 Å². The van der Waals surface area contributed by atoms with Crippen LogP contribution >= 0.6 is 0 Å². The summed E-state index contributed by atoms with van der Waals surface area (Å²) in [6.07, 6.45) is 1.97. The van der Waals surface area contributed by atoms with Crippen molar-refractivity contribution in [1.82, 2.24) is 14.3 Å². The van der Waals surface area contributed by atoms with E-state index in [9.17, 15) is 8.42 Å². The summed E-state index contributed by atoms with van der Waals surface area (Å²) >= 11 is 0. The molecular formula is C12H25N3O2S. The van der Waals surface area contributed by atoms with E-state index in [2.05, 4.69) is 23.9 Å². The predicted molar refractivity (Wildman–Crippen MR) is 72.5 cm³/mol. The Bertz CT molecular complexity index is 380. The van der Waals surface area contributed by atoms with E-state index in [0.717, 1.165) is 19.4 Å². The van der Waals surface area contributed by atoms with Crippen molar-refractivity contribution in [3.8, 4) is 0 Å². The molecule has 3 atom stereocenters. The SMILES string of the molecule is CC1CC(C)CN(S(=O)(=O)NC2(C)CCNC2)C1. The number of hydrogen-bond acceptors (Lipinski definition) is 3. The van der Waals surface area contributed by atoms with Crippen LogP contribution in [-0.2, 0) is 10.2 Å². The molecule has 0 bridgehead atoms. The van der Waals surface area contributed by atoms with Crippen LogP contribution in [0.3, 0.4) is 0 Å². The Morgan fingerprint density at radius 1 is 1.28 bits per heavy atom. The van der Waals surface area contributed by atoms with Gasteiger partial charge in [0.2, 0.25) is 0 Å². The summed E-state index contributed by atoms with van der Waals surface area (Å²) in [5.74, 6) is 0.889. The van der Waals surface area contributed by atoms with Crippen molar-refractivity contribution in [3.05, 3.63) is 0 Å². The third-order valence-electron chi connectivity index (χ3n) is 3.92. The minimum absolute atomic E-state index is 0.331. The van der Waals surface area contributed by atoms with Gasteiger partial charge in [-0.25, -0.2) is 0 Å². The fourth-order valence-electron chi connectivity index (χ4n) is 3.08. The van der Waals surface area contributed by atoms with Gasteiger partial charge < -0.3 is 5.32 Å². The van der Waals surface area contributed by atoms with Crippen molar-refractivity contribution in [2.24, 2.45) is 11.8 Å². The smallest absolute Gasteiger partial charge is 0.280 e. The Kier molecular flexibility index (Phi) is 4.02. The van der Waals surface area contributed by atoms with E-state index in [1.165, 1.54) is 0 Å². The second kappa shape index (κ2) is 5.07. The zero-order valence-corrected chi connectivity index (χ0v) is 12.4. The molecule has 106 valence electrons. The van der Waals surface area contributed by atoms with Crippen LogP contribution in [0.4, 0.5) is 0 Å². The first kappa shape index (κ1) is 14.2. The highest BCUT2D eigenvalue weighted by molar-refractivity contribution is 7.87. The Morgan fingerprint density at radius 3 is 2.39 bits per heavy atom. The summed E-state index contributed by atoms with van der Waals surface area (Å²) in [7, 11) is -3.35. The van der Waals surface area contributed by atoms with Crippen LogP contribution in [0.5, 0.6) is 0 Å². The van der Waals surface area contributed by atoms with Crippen LogP contribution in [0, 0.1) is 11.8 Å². The molecule has 2 aliphatic heterocycles. The highest BCUT2D eigenvalue weighted by Crippen LogP contribution is 2.24. The number of nitrogens with one attached hydrogen (secondary N) is 2. The molecule has 0 aromatic carbocycles. The number of rotatable bonds is 3. The molecule has 3 unspecified atom stereocenters. The molecule has 2 rings (SSSR count). The summed E-state index contributed by atoms with van der Waals surface area (Å²) in [5.41, 5.74) is -0.331. The lowest BCUT2D eigenvalue weighted by Crippen LogP contribution is -2.55. The van der Waals surface area contributed by atoms with Gasteiger partial charge >= 0.3 is 0 Å². The molecule has 5 nitrogen and oxygen atoms in total. The summed E-state index contributed by atoms with van der Waals surface area (Å²) in [6.45, 7) is 9.10. The van der Waals surface area contributed by atoms with Gasteiger partial charge in [-0.15, -0.1) is 0 Å². The van der Waals surface area contributed by atoms with E-state index in [1.54, 1.807) is 4.31 Å². The molecule has 18 heavy (non-hydrogen) atoms. The summed E-state index contributed by atoms with van der Waals surface area (Å²) in [5, 5.41) is 3.21. The van der Waals surface area contributed by atoms with Crippen molar-refractivity contribution >= 4 is 10.2 Å². The Morgan fingerprint density at radius 2 is 1.89 bits per heavy atom. The molecule has 2 heterocycles. The Labute approximate surface area is 110 Å². The van der Waals surface area contributed by atoms with E-state index >= 15 is 0 Å². The number of nitrogens with zero attached hydrogens (tertiary/aromatic N) is 1. The first-order chi connectivity index (χ1) is 8.31. The topological polar surface area (TPSA) is 61.4 Å². The van der Waals surface area contributed by atoms with Gasteiger partial charge in [-0.05, 0) is 38.1 Å². The lowest BCUT2D eigenvalue weighted by Gasteiger charge is -2.36. The second-order valence-electron chi connectivity index (χ2n) is 6.36. The van der Waals surface area contributed by atoms with Crippen LogP contribution in [0.2, 0.25) is 0 Å². The molecule has 2 fully saturated rings. The molecule has 0 saturated carbocycles. The minimum atomic E-state index is -3.35. The fourth-order valence-corrected chi connectivity index (χ4v) is 4.91. The monoisotopic (exact) mass is 275 g/mol. The van der Waals surface area contributed by atoms with Gasteiger partial charge in [0, 0.05) is 25.2 Å². The average Bonchev–Trinajstić information content (AvgIpc) is 2.62. The van der Waals surface area contributed by atoms with Gasteiger partial charge in [-0.1, -0.05) is 13.8 Å². The third-order valence-corrected chi connectivity index (χ3v) is 5.65. The Balaban J connectivity index is 2.06. The molecule has 0 radical (unpaired) electrons. The quantitative estimate of drug-likeness (QED) is 0.791. The van der Waals surface area contributed by atoms with Crippen LogP contribution in [0.25, 0.3) is 0 Å². The number of hydrogen-bond donors (Lipinski definition) is 2. The minimum Gasteiger partial charge on any atom is -0.315 e. The zero-order chi connectivity index (χ0) is 13.4. The molecule has 0 aromatic rings. The molecule has 0 aromatic heterocycles. The van der Waals surface area contributed by atoms with E-state index < -0.39 is 10.2 Å². The molecule has 2 N–H and O–H groups in total. The highest BCUT2D eigenvalue weighted by atomic mass is 32.2. The largest absolute Gasteiger partial charge is 0.315 e. The van der Waals surface area contributed by atoms with E-state index in [0.29, 0.717) is 31.5 Å². The summed E-state index contributed by atoms with van der Waals surface area (Å²) in [4.78, 5) is 0. The van der Waals surface area contributed by atoms with Gasteiger partial charge in [-0.3, -0.25) is 0 Å². The van der Waals surface area contributed by atoms with Crippen LogP contribution < -0.4 is 10.0 Å². The molecular weight excluding hydrogens is 250 g/mol. The van der Waals surface area contributed by atoms with E-state index in [-0.39, 0.29) is 5.54 Å². The second-order valence-corrected chi connectivity index (χ2v) is 8.03. The van der Waals surface area contributed by atoms with Gasteiger partial charge in [0.05, 0.1) is 0 Å². The van der Waals surface area contributed by atoms with Crippen LogP contribution in [0.15, 0.2) is 0 Å². The van der Waals surface area contributed by atoms with Crippen molar-refractivity contribution in [2.75, 3.05) is 26.2 Å². The molecule has 0 amide bonds. The highest BCUT2D eigenvalue weighted by Gasteiger charge is 2.37. The van der Waals surface area contributed by atoms with Gasteiger partial charge in [0.25, 0.3) is 10.2 Å². The predicted octanol–water partition coefficient (Wildman–Crippen LogP) is 0.551. The third kappa shape index (κ3) is 3.23. The fraction of sp³-hybridized carbons (Fsp3) is 1.00. The Hall–Kier alpha value is -0.170. The maximum atomic E-state index is 12.4. The van der Waals surface area contributed by atoms with E-state index in [4.69, 9.17) is 0 Å². The normalized spacial score (nSPS) is 39.1. The summed E-state index contributed by atoms with van der Waals surface area (Å²) < 4.78 is 29.3. The molecule has 2 saturated heterocycles. The maximum Gasteiger partial charge on any atom is 0.280 e. The standard InChI is InChI=1S/C12H25N3O2S/c1-10-6-11(2)8-15(7-10)18(16,17)14-12(3)4-5-13-9-12/h10-11,13-14H,4-9H2,1-3H3. The van der Waals surface area contributed by atoms with Gasteiger partial charge in [-0.2, -0.15) is 17.4 Å². The van der Waals surface area contributed by atoms with Crippen LogP contribution in [0.1, 0.15) is 33.6 Å². The number of piperidine rings is 1.